The predicted molar refractivity (Wildman–Crippen MR) is 183 cm³/mol. The molecule has 0 aliphatic heterocycles. The Morgan fingerprint density at radius 2 is 1.47 bits per heavy atom. The lowest BCUT2D eigenvalue weighted by atomic mass is 10.0. The number of amides is 2. The molecule has 0 spiro atoms. The fourth-order valence-corrected chi connectivity index (χ4v) is 6.93. The number of nitrogens with zero attached hydrogens (tertiary/aromatic N) is 2. The molecule has 1 N–H and O–H groups in total. The van der Waals surface area contributed by atoms with E-state index in [1.165, 1.54) is 4.90 Å². The molecule has 2 amide bonds. The van der Waals surface area contributed by atoms with Gasteiger partial charge in [0.25, 0.3) is 10.0 Å². The van der Waals surface area contributed by atoms with E-state index < -0.39 is 28.5 Å². The van der Waals surface area contributed by atoms with Crippen molar-refractivity contribution in [2.45, 2.75) is 51.6 Å². The third-order valence-corrected chi connectivity index (χ3v) is 9.74. The highest BCUT2D eigenvalue weighted by Gasteiger charge is 2.35. The van der Waals surface area contributed by atoms with Gasteiger partial charge in [0.05, 0.1) is 10.6 Å². The molecule has 45 heavy (non-hydrogen) atoms. The van der Waals surface area contributed by atoms with Crippen LogP contribution in [0.3, 0.4) is 0 Å². The number of carbonyl (C=O) groups is 2. The Labute approximate surface area is 275 Å². The topological polar surface area (TPSA) is 86.8 Å². The summed E-state index contributed by atoms with van der Waals surface area (Å²) in [6.45, 7) is 7.78. The highest BCUT2D eigenvalue weighted by molar-refractivity contribution is 9.10. The van der Waals surface area contributed by atoms with Gasteiger partial charge in [0, 0.05) is 24.0 Å². The van der Waals surface area contributed by atoms with E-state index in [2.05, 4.69) is 21.2 Å². The predicted octanol–water partition coefficient (Wildman–Crippen LogP) is 6.67. The Balaban J connectivity index is 1.81. The van der Waals surface area contributed by atoms with E-state index in [9.17, 15) is 18.0 Å². The number of aryl methyl sites for hydroxylation is 2. The number of benzene rings is 4. The minimum absolute atomic E-state index is 0.0817. The molecular weight excluding hydrogens is 650 g/mol. The van der Waals surface area contributed by atoms with E-state index in [0.29, 0.717) is 17.8 Å². The van der Waals surface area contributed by atoms with E-state index in [-0.39, 0.29) is 29.7 Å². The van der Waals surface area contributed by atoms with Gasteiger partial charge in [-0.1, -0.05) is 108 Å². The molecule has 1 atom stereocenters. The Morgan fingerprint density at radius 3 is 2.11 bits per heavy atom. The first kappa shape index (κ1) is 33.9. The molecule has 0 heterocycles. The van der Waals surface area contributed by atoms with Gasteiger partial charge in [-0.05, 0) is 66.8 Å². The summed E-state index contributed by atoms with van der Waals surface area (Å²) in [6.07, 6.45) is 0.263. The number of hydrogen-bond donors (Lipinski definition) is 1. The SMILES string of the molecule is Cc1ccc(S(=O)(=O)N(CC(=O)N(Cc2cccc(Br)c2)[C@H](Cc2ccccc2)C(=O)NCC(C)C)c2ccccc2C)cc1. The van der Waals surface area contributed by atoms with Gasteiger partial charge < -0.3 is 10.2 Å². The summed E-state index contributed by atoms with van der Waals surface area (Å²) in [5, 5.41) is 3.02. The second-order valence-corrected chi connectivity index (χ2v) is 14.4. The van der Waals surface area contributed by atoms with Crippen molar-refractivity contribution in [3.8, 4) is 0 Å². The van der Waals surface area contributed by atoms with Crippen LogP contribution in [0.1, 0.15) is 36.1 Å². The normalized spacial score (nSPS) is 12.0. The minimum Gasteiger partial charge on any atom is -0.354 e. The van der Waals surface area contributed by atoms with Crippen molar-refractivity contribution in [3.63, 3.8) is 0 Å². The lowest BCUT2D eigenvalue weighted by Gasteiger charge is -2.34. The highest BCUT2D eigenvalue weighted by atomic mass is 79.9. The maximum atomic E-state index is 14.6. The quantitative estimate of drug-likeness (QED) is 0.170. The molecule has 0 saturated heterocycles. The third kappa shape index (κ3) is 9.05. The molecule has 0 aromatic heterocycles. The summed E-state index contributed by atoms with van der Waals surface area (Å²) < 4.78 is 30.4. The van der Waals surface area contributed by atoms with Crippen molar-refractivity contribution in [2.75, 3.05) is 17.4 Å². The monoisotopic (exact) mass is 689 g/mol. The van der Waals surface area contributed by atoms with Gasteiger partial charge in [0.1, 0.15) is 12.6 Å². The zero-order chi connectivity index (χ0) is 32.6. The number of nitrogens with one attached hydrogen (secondary N) is 1. The zero-order valence-electron chi connectivity index (χ0n) is 26.1. The molecule has 236 valence electrons. The first-order valence-corrected chi connectivity index (χ1v) is 17.2. The average molecular weight is 691 g/mol. The first-order chi connectivity index (χ1) is 21.5. The van der Waals surface area contributed by atoms with Crippen molar-refractivity contribution in [1.82, 2.24) is 10.2 Å². The summed E-state index contributed by atoms with van der Waals surface area (Å²) in [7, 11) is -4.15. The number of sulfonamides is 1. The van der Waals surface area contributed by atoms with Gasteiger partial charge in [0.2, 0.25) is 11.8 Å². The lowest BCUT2D eigenvalue weighted by molar-refractivity contribution is -0.140. The summed E-state index contributed by atoms with van der Waals surface area (Å²) in [4.78, 5) is 30.0. The Hall–Kier alpha value is -3.95. The second kappa shape index (κ2) is 15.4. The van der Waals surface area contributed by atoms with Crippen molar-refractivity contribution >= 4 is 43.5 Å². The number of carbonyl (C=O) groups excluding carboxylic acids is 2. The molecule has 4 aromatic carbocycles. The zero-order valence-corrected chi connectivity index (χ0v) is 28.5. The Bertz CT molecular complexity index is 1710. The molecule has 0 radical (unpaired) electrons. The van der Waals surface area contributed by atoms with Crippen LogP contribution in [0.2, 0.25) is 0 Å². The number of hydrogen-bond acceptors (Lipinski definition) is 4. The van der Waals surface area contributed by atoms with E-state index in [1.807, 2.05) is 94.4 Å². The van der Waals surface area contributed by atoms with E-state index in [1.54, 1.807) is 36.4 Å². The van der Waals surface area contributed by atoms with Crippen molar-refractivity contribution in [1.29, 1.82) is 0 Å². The molecule has 0 bridgehead atoms. The van der Waals surface area contributed by atoms with E-state index in [0.717, 1.165) is 25.5 Å². The van der Waals surface area contributed by atoms with Crippen LogP contribution in [0.5, 0.6) is 0 Å². The molecule has 0 saturated carbocycles. The molecule has 0 aliphatic rings. The maximum absolute atomic E-state index is 14.6. The number of rotatable bonds is 13. The molecular formula is C36H40BrN3O4S. The fourth-order valence-electron chi connectivity index (χ4n) is 5.00. The summed E-state index contributed by atoms with van der Waals surface area (Å²) in [5.74, 6) is -0.578. The molecule has 0 aliphatic carbocycles. The third-order valence-electron chi connectivity index (χ3n) is 7.47. The highest BCUT2D eigenvalue weighted by Crippen LogP contribution is 2.28. The van der Waals surface area contributed by atoms with E-state index in [4.69, 9.17) is 0 Å². The van der Waals surface area contributed by atoms with Crippen LogP contribution >= 0.6 is 15.9 Å². The maximum Gasteiger partial charge on any atom is 0.264 e. The van der Waals surface area contributed by atoms with Gasteiger partial charge in [-0.3, -0.25) is 13.9 Å². The van der Waals surface area contributed by atoms with Gasteiger partial charge in [0.15, 0.2) is 0 Å². The largest absolute Gasteiger partial charge is 0.354 e. The molecule has 0 unspecified atom stereocenters. The molecule has 4 rings (SSSR count). The summed E-state index contributed by atoms with van der Waals surface area (Å²) >= 11 is 3.52. The second-order valence-electron chi connectivity index (χ2n) is 11.6. The van der Waals surface area contributed by atoms with Gasteiger partial charge in [-0.15, -0.1) is 0 Å². The molecule has 4 aromatic rings. The smallest absolute Gasteiger partial charge is 0.264 e. The van der Waals surface area contributed by atoms with Crippen molar-refractivity contribution in [2.24, 2.45) is 5.92 Å². The van der Waals surface area contributed by atoms with E-state index >= 15 is 0 Å². The van der Waals surface area contributed by atoms with Gasteiger partial charge >= 0.3 is 0 Å². The molecule has 0 fully saturated rings. The summed E-state index contributed by atoms with van der Waals surface area (Å²) in [5.41, 5.74) is 3.71. The fraction of sp³-hybridized carbons (Fsp3) is 0.278. The van der Waals surface area contributed by atoms with Crippen LogP contribution in [0.15, 0.2) is 112 Å². The van der Waals surface area contributed by atoms with Gasteiger partial charge in [-0.2, -0.15) is 0 Å². The molecule has 9 heteroatoms. The minimum atomic E-state index is -4.15. The van der Waals surface area contributed by atoms with Crippen LogP contribution in [0.4, 0.5) is 5.69 Å². The van der Waals surface area contributed by atoms with Crippen LogP contribution in [0, 0.1) is 19.8 Å². The standard InChI is InChI=1S/C36H40BrN3O4S/c1-26(2)23-38-36(42)34(22-29-12-6-5-7-13-29)39(24-30-14-10-15-31(37)21-30)35(41)25-40(33-16-9-8-11-28(33)4)45(43,44)32-19-17-27(3)18-20-32/h5-21,26,34H,22-25H2,1-4H3,(H,38,42)/t34-/m1/s1. The van der Waals surface area contributed by atoms with Crippen LogP contribution in [-0.2, 0) is 32.6 Å². The number of para-hydroxylation sites is 1. The van der Waals surface area contributed by atoms with Crippen LogP contribution in [-0.4, -0.2) is 44.3 Å². The number of halogens is 1. The first-order valence-electron chi connectivity index (χ1n) is 15.0. The van der Waals surface area contributed by atoms with Crippen molar-refractivity contribution < 1.29 is 18.0 Å². The van der Waals surface area contributed by atoms with Crippen LogP contribution < -0.4 is 9.62 Å². The molecule has 7 nitrogen and oxygen atoms in total. The average Bonchev–Trinajstić information content (AvgIpc) is 3.01. The lowest BCUT2D eigenvalue weighted by Crippen LogP contribution is -2.53. The van der Waals surface area contributed by atoms with Gasteiger partial charge in [-0.25, -0.2) is 8.42 Å². The Kier molecular flexibility index (Phi) is 11.6. The van der Waals surface area contributed by atoms with Crippen molar-refractivity contribution in [3.05, 3.63) is 130 Å². The van der Waals surface area contributed by atoms with Crippen LogP contribution in [0.25, 0.3) is 0 Å². The Morgan fingerprint density at radius 1 is 0.822 bits per heavy atom. The summed E-state index contributed by atoms with van der Waals surface area (Å²) in [6, 6.07) is 29.9. The number of anilines is 1.